The van der Waals surface area contributed by atoms with Crippen molar-refractivity contribution >= 4 is 5.97 Å². The number of rotatable bonds is 2. The number of alkyl halides is 3. The summed E-state index contributed by atoms with van der Waals surface area (Å²) >= 11 is 0. The van der Waals surface area contributed by atoms with Crippen LogP contribution in [0.4, 0.5) is 13.2 Å². The van der Waals surface area contributed by atoms with Gasteiger partial charge in [0, 0.05) is 19.1 Å². The lowest BCUT2D eigenvalue weighted by Crippen LogP contribution is -2.30. The highest BCUT2D eigenvalue weighted by Gasteiger charge is 2.38. The highest BCUT2D eigenvalue weighted by Crippen LogP contribution is 2.26. The maximum atomic E-state index is 10.6. The summed E-state index contributed by atoms with van der Waals surface area (Å²) in [5.74, 6) is -1.76. The van der Waals surface area contributed by atoms with E-state index in [-0.39, 0.29) is 0 Å². The molecule has 3 N–H and O–H groups in total. The number of hydrogen-bond donors (Lipinski definition) is 2. The first kappa shape index (κ1) is 16.2. The predicted molar refractivity (Wildman–Crippen MR) is 64.7 cm³/mol. The van der Waals surface area contributed by atoms with Crippen LogP contribution in [-0.2, 0) is 4.79 Å². The number of carbonyl (C=O) groups is 1. The first-order valence-corrected chi connectivity index (χ1v) is 6.57. The van der Waals surface area contributed by atoms with Gasteiger partial charge in [-0.25, -0.2) is 4.79 Å². The van der Waals surface area contributed by atoms with Crippen LogP contribution in [0.3, 0.4) is 0 Å². The van der Waals surface area contributed by atoms with E-state index in [0.717, 1.165) is 12.5 Å². The molecule has 0 bridgehead atoms. The van der Waals surface area contributed by atoms with Crippen LogP contribution in [0.25, 0.3) is 0 Å². The average molecular weight is 282 g/mol. The Kier molecular flexibility index (Phi) is 6.06. The van der Waals surface area contributed by atoms with E-state index in [1.807, 2.05) is 0 Å². The molecule has 1 heterocycles. The molecule has 2 fully saturated rings. The van der Waals surface area contributed by atoms with E-state index in [4.69, 9.17) is 15.6 Å². The van der Waals surface area contributed by atoms with Crippen molar-refractivity contribution in [3.8, 4) is 0 Å². The molecular formula is C12H21F3N2O2. The number of hydrogen-bond acceptors (Lipinski definition) is 3. The molecule has 0 aromatic heterocycles. The number of halogens is 3. The van der Waals surface area contributed by atoms with Crippen molar-refractivity contribution in [2.45, 2.75) is 44.3 Å². The molecule has 19 heavy (non-hydrogen) atoms. The Morgan fingerprint density at radius 2 is 1.79 bits per heavy atom. The Balaban J connectivity index is 0.000000224. The Hall–Kier alpha value is -0.820. The second kappa shape index (κ2) is 7.09. The van der Waals surface area contributed by atoms with Crippen LogP contribution in [-0.4, -0.2) is 47.8 Å². The minimum Gasteiger partial charge on any atom is -0.475 e. The Labute approximate surface area is 110 Å². The first-order chi connectivity index (χ1) is 8.79. The van der Waals surface area contributed by atoms with E-state index < -0.39 is 12.1 Å². The number of carboxylic acids is 1. The lowest BCUT2D eigenvalue weighted by molar-refractivity contribution is -0.192. The highest BCUT2D eigenvalue weighted by molar-refractivity contribution is 5.73. The molecule has 1 saturated heterocycles. The molecule has 112 valence electrons. The van der Waals surface area contributed by atoms with E-state index in [1.54, 1.807) is 0 Å². The third-order valence-corrected chi connectivity index (χ3v) is 3.54. The van der Waals surface area contributed by atoms with Gasteiger partial charge < -0.3 is 15.7 Å². The topological polar surface area (TPSA) is 66.6 Å². The van der Waals surface area contributed by atoms with Crippen molar-refractivity contribution in [3.63, 3.8) is 0 Å². The van der Waals surface area contributed by atoms with Crippen molar-refractivity contribution in [2.24, 2.45) is 11.7 Å². The van der Waals surface area contributed by atoms with Crippen LogP contribution < -0.4 is 5.73 Å². The summed E-state index contributed by atoms with van der Waals surface area (Å²) in [6, 6.07) is 0.464. The molecule has 0 spiro atoms. The molecule has 4 nitrogen and oxygen atoms in total. The number of nitrogens with two attached hydrogens (primary N) is 1. The van der Waals surface area contributed by atoms with E-state index in [0.29, 0.717) is 6.04 Å². The quantitative estimate of drug-likeness (QED) is 0.811. The molecule has 0 aromatic rings. The molecule has 1 atom stereocenters. The van der Waals surface area contributed by atoms with Gasteiger partial charge in [-0.15, -0.1) is 0 Å². The lowest BCUT2D eigenvalue weighted by Gasteiger charge is -2.19. The van der Waals surface area contributed by atoms with Crippen LogP contribution in [0.1, 0.15) is 32.1 Å². The van der Waals surface area contributed by atoms with Gasteiger partial charge in [-0.05, 0) is 31.7 Å². The van der Waals surface area contributed by atoms with Crippen molar-refractivity contribution in [1.82, 2.24) is 4.90 Å². The van der Waals surface area contributed by atoms with E-state index in [2.05, 4.69) is 4.90 Å². The van der Waals surface area contributed by atoms with Crippen molar-refractivity contribution < 1.29 is 23.1 Å². The summed E-state index contributed by atoms with van der Waals surface area (Å²) in [7, 11) is 0. The zero-order valence-electron chi connectivity index (χ0n) is 10.8. The number of aliphatic carboxylic acids is 1. The summed E-state index contributed by atoms with van der Waals surface area (Å²) in [6.07, 6.45) is 1.99. The zero-order chi connectivity index (χ0) is 14.5. The maximum Gasteiger partial charge on any atom is 0.490 e. The van der Waals surface area contributed by atoms with Crippen LogP contribution in [0.5, 0.6) is 0 Å². The van der Waals surface area contributed by atoms with Gasteiger partial charge in [-0.3, -0.25) is 0 Å². The summed E-state index contributed by atoms with van der Waals surface area (Å²) in [5.41, 5.74) is 5.86. The minimum absolute atomic E-state index is 0.464. The normalized spacial score (nSPS) is 25.2. The monoisotopic (exact) mass is 282 g/mol. The molecule has 7 heteroatoms. The van der Waals surface area contributed by atoms with Gasteiger partial charge in [0.25, 0.3) is 0 Å². The number of carboxylic acid groups (broad SMARTS) is 1. The van der Waals surface area contributed by atoms with Gasteiger partial charge in [-0.2, -0.15) is 13.2 Å². The standard InChI is InChI=1S/C10H20N2.C2HF3O2/c11-10-5-6-12(8-10)7-9-3-1-2-4-9;3-2(4,5)1(6)7/h9-10H,1-8,11H2;(H,6,7)/t10-;/m1./s1. The van der Waals surface area contributed by atoms with Crippen LogP contribution in [0.15, 0.2) is 0 Å². The van der Waals surface area contributed by atoms with Gasteiger partial charge in [0.05, 0.1) is 0 Å². The van der Waals surface area contributed by atoms with Gasteiger partial charge in [0.2, 0.25) is 0 Å². The minimum atomic E-state index is -5.08. The molecule has 0 radical (unpaired) electrons. The summed E-state index contributed by atoms with van der Waals surface area (Å²) < 4.78 is 31.7. The van der Waals surface area contributed by atoms with Crippen LogP contribution in [0.2, 0.25) is 0 Å². The average Bonchev–Trinajstić information content (AvgIpc) is 2.90. The maximum absolute atomic E-state index is 10.6. The summed E-state index contributed by atoms with van der Waals surface area (Å²) in [5, 5.41) is 7.12. The smallest absolute Gasteiger partial charge is 0.475 e. The third-order valence-electron chi connectivity index (χ3n) is 3.54. The number of nitrogens with zero attached hydrogens (tertiary/aromatic N) is 1. The molecule has 1 aliphatic heterocycles. The fourth-order valence-corrected chi connectivity index (χ4v) is 2.59. The fraction of sp³-hybridized carbons (Fsp3) is 0.917. The summed E-state index contributed by atoms with van der Waals surface area (Å²) in [4.78, 5) is 11.5. The molecule has 0 amide bonds. The number of likely N-dealkylation sites (tertiary alicyclic amines) is 1. The Morgan fingerprint density at radius 3 is 2.16 bits per heavy atom. The molecular weight excluding hydrogens is 261 g/mol. The largest absolute Gasteiger partial charge is 0.490 e. The van der Waals surface area contributed by atoms with Crippen LogP contribution in [0, 0.1) is 5.92 Å². The van der Waals surface area contributed by atoms with Crippen LogP contribution >= 0.6 is 0 Å². The van der Waals surface area contributed by atoms with Gasteiger partial charge in [0.1, 0.15) is 0 Å². The molecule has 0 unspecified atom stereocenters. The second-order valence-electron chi connectivity index (χ2n) is 5.26. The molecule has 2 rings (SSSR count). The zero-order valence-corrected chi connectivity index (χ0v) is 10.8. The second-order valence-corrected chi connectivity index (χ2v) is 5.26. The SMILES string of the molecule is N[C@@H]1CCN(CC2CCCC2)C1.O=C(O)C(F)(F)F. The van der Waals surface area contributed by atoms with Gasteiger partial charge in [-0.1, -0.05) is 12.8 Å². The van der Waals surface area contributed by atoms with Gasteiger partial charge in [0.15, 0.2) is 0 Å². The lowest BCUT2D eigenvalue weighted by atomic mass is 10.1. The summed E-state index contributed by atoms with van der Waals surface area (Å²) in [6.45, 7) is 3.72. The van der Waals surface area contributed by atoms with Gasteiger partial charge >= 0.3 is 12.1 Å². The molecule has 1 aliphatic carbocycles. The molecule has 1 saturated carbocycles. The van der Waals surface area contributed by atoms with E-state index >= 15 is 0 Å². The van der Waals surface area contributed by atoms with Crippen molar-refractivity contribution in [1.29, 1.82) is 0 Å². The Bertz CT molecular complexity index is 291. The molecule has 0 aromatic carbocycles. The predicted octanol–water partition coefficient (Wildman–Crippen LogP) is 1.84. The first-order valence-electron chi connectivity index (χ1n) is 6.57. The fourth-order valence-electron chi connectivity index (χ4n) is 2.59. The Morgan fingerprint density at radius 1 is 1.26 bits per heavy atom. The van der Waals surface area contributed by atoms with E-state index in [1.165, 1.54) is 45.2 Å². The van der Waals surface area contributed by atoms with Crippen molar-refractivity contribution in [2.75, 3.05) is 19.6 Å². The highest BCUT2D eigenvalue weighted by atomic mass is 19.4. The third kappa shape index (κ3) is 6.24. The van der Waals surface area contributed by atoms with Crippen molar-refractivity contribution in [3.05, 3.63) is 0 Å². The molecule has 2 aliphatic rings. The van der Waals surface area contributed by atoms with E-state index in [9.17, 15) is 13.2 Å².